The van der Waals surface area contributed by atoms with Crippen LogP contribution in [-0.2, 0) is 4.79 Å². The van der Waals surface area contributed by atoms with Crippen molar-refractivity contribution in [2.75, 3.05) is 11.9 Å². The van der Waals surface area contributed by atoms with Gasteiger partial charge in [-0.2, -0.15) is 0 Å². The first-order valence-corrected chi connectivity index (χ1v) is 7.34. The van der Waals surface area contributed by atoms with Crippen LogP contribution in [0.4, 0.5) is 10.5 Å². The Labute approximate surface area is 132 Å². The summed E-state index contributed by atoms with van der Waals surface area (Å²) in [6.45, 7) is 5.81. The number of hydrogen-bond acceptors (Lipinski definition) is 2. The highest BCUT2D eigenvalue weighted by Gasteiger charge is 2.26. The monoisotopic (exact) mass is 390 g/mol. The van der Waals surface area contributed by atoms with Crippen LogP contribution in [0.25, 0.3) is 0 Å². The number of carboxylic acid groups (broad SMARTS) is 1. The Morgan fingerprint density at radius 3 is 2.50 bits per heavy atom. The van der Waals surface area contributed by atoms with Gasteiger partial charge < -0.3 is 15.3 Å². The molecule has 0 unspecified atom stereocenters. The van der Waals surface area contributed by atoms with Crippen molar-refractivity contribution in [2.45, 2.75) is 32.7 Å². The average molecular weight is 390 g/mol. The Morgan fingerprint density at radius 1 is 1.35 bits per heavy atom. The van der Waals surface area contributed by atoms with Crippen molar-refractivity contribution in [3.05, 3.63) is 27.8 Å². The molecule has 0 heterocycles. The number of carbonyl (C=O) groups is 2. The summed E-state index contributed by atoms with van der Waals surface area (Å²) in [5.74, 6) is -0.915. The molecule has 0 bridgehead atoms. The number of hydrogen-bond donors (Lipinski definition) is 2. The van der Waals surface area contributed by atoms with E-state index in [9.17, 15) is 9.59 Å². The molecule has 1 aromatic carbocycles. The lowest BCUT2D eigenvalue weighted by atomic mass is 10.1. The second kappa shape index (κ2) is 6.92. The topological polar surface area (TPSA) is 69.6 Å². The van der Waals surface area contributed by atoms with Crippen LogP contribution in [-0.4, -0.2) is 34.1 Å². The van der Waals surface area contributed by atoms with E-state index in [1.54, 1.807) is 6.07 Å². The molecule has 0 aliphatic heterocycles. The Bertz CT molecular complexity index is 497. The highest BCUT2D eigenvalue weighted by molar-refractivity contribution is 14.1. The molecule has 2 amide bonds. The zero-order valence-corrected chi connectivity index (χ0v) is 14.0. The first-order valence-electron chi connectivity index (χ1n) is 6.26. The van der Waals surface area contributed by atoms with Crippen molar-refractivity contribution in [2.24, 2.45) is 0 Å². The van der Waals surface area contributed by atoms with Gasteiger partial charge in [0.05, 0.1) is 6.42 Å². The molecule has 0 aromatic heterocycles. The third-order valence-corrected chi connectivity index (χ3v) is 3.35. The van der Waals surface area contributed by atoms with Gasteiger partial charge in [-0.1, -0.05) is 6.07 Å². The zero-order chi connectivity index (χ0) is 15.3. The normalized spacial score (nSPS) is 11.0. The van der Waals surface area contributed by atoms with E-state index in [4.69, 9.17) is 5.11 Å². The molecule has 20 heavy (non-hydrogen) atoms. The van der Waals surface area contributed by atoms with Gasteiger partial charge in [0.15, 0.2) is 0 Å². The van der Waals surface area contributed by atoms with Gasteiger partial charge in [0.1, 0.15) is 0 Å². The highest BCUT2D eigenvalue weighted by Crippen LogP contribution is 2.18. The molecule has 0 fully saturated rings. The van der Waals surface area contributed by atoms with Crippen LogP contribution in [0.3, 0.4) is 0 Å². The Balaban J connectivity index is 2.80. The van der Waals surface area contributed by atoms with Crippen molar-refractivity contribution in [3.63, 3.8) is 0 Å². The standard InChI is InChI=1S/C14H19IN2O3/c1-14(2,3)17(8-7-12(18)19)13(20)16-11-6-4-5-10(15)9-11/h4-6,9H,7-8H2,1-3H3,(H,16,20)(H,18,19). The smallest absolute Gasteiger partial charge is 0.322 e. The van der Waals surface area contributed by atoms with E-state index in [-0.39, 0.29) is 19.0 Å². The minimum atomic E-state index is -0.915. The highest BCUT2D eigenvalue weighted by atomic mass is 127. The molecule has 0 saturated heterocycles. The van der Waals surface area contributed by atoms with E-state index in [0.29, 0.717) is 5.69 Å². The van der Waals surface area contributed by atoms with Crippen LogP contribution >= 0.6 is 22.6 Å². The van der Waals surface area contributed by atoms with Crippen LogP contribution in [0, 0.1) is 3.57 Å². The first kappa shape index (κ1) is 16.7. The Hall–Kier alpha value is -1.31. The van der Waals surface area contributed by atoms with Crippen molar-refractivity contribution >= 4 is 40.3 Å². The number of halogens is 1. The van der Waals surface area contributed by atoms with Gasteiger partial charge in [-0.25, -0.2) is 4.79 Å². The summed E-state index contributed by atoms with van der Waals surface area (Å²) in [6, 6.07) is 7.16. The number of benzene rings is 1. The maximum Gasteiger partial charge on any atom is 0.322 e. The van der Waals surface area contributed by atoms with Crippen LogP contribution in [0.15, 0.2) is 24.3 Å². The summed E-state index contributed by atoms with van der Waals surface area (Å²) in [7, 11) is 0. The largest absolute Gasteiger partial charge is 0.481 e. The van der Waals surface area contributed by atoms with Crippen molar-refractivity contribution in [3.8, 4) is 0 Å². The van der Waals surface area contributed by atoms with Crippen LogP contribution in [0.2, 0.25) is 0 Å². The summed E-state index contributed by atoms with van der Waals surface area (Å²) in [6.07, 6.45) is -0.0724. The van der Waals surface area contributed by atoms with Crippen molar-refractivity contribution in [1.82, 2.24) is 4.90 Å². The summed E-state index contributed by atoms with van der Waals surface area (Å²) in [5.41, 5.74) is 0.257. The fourth-order valence-electron chi connectivity index (χ4n) is 1.71. The zero-order valence-electron chi connectivity index (χ0n) is 11.8. The predicted molar refractivity (Wildman–Crippen MR) is 86.9 cm³/mol. The van der Waals surface area contributed by atoms with Gasteiger partial charge in [0.25, 0.3) is 0 Å². The van der Waals surface area contributed by atoms with Crippen molar-refractivity contribution < 1.29 is 14.7 Å². The van der Waals surface area contributed by atoms with E-state index in [1.807, 2.05) is 39.0 Å². The lowest BCUT2D eigenvalue weighted by Gasteiger charge is -2.35. The maximum atomic E-state index is 12.3. The lowest BCUT2D eigenvalue weighted by molar-refractivity contribution is -0.137. The second-order valence-corrected chi connectivity index (χ2v) is 6.65. The van der Waals surface area contributed by atoms with Gasteiger partial charge in [-0.3, -0.25) is 4.79 Å². The number of nitrogens with one attached hydrogen (secondary N) is 1. The van der Waals surface area contributed by atoms with Gasteiger partial charge >= 0.3 is 12.0 Å². The summed E-state index contributed by atoms with van der Waals surface area (Å²) in [4.78, 5) is 24.5. The fourth-order valence-corrected chi connectivity index (χ4v) is 2.25. The van der Waals surface area contributed by atoms with Gasteiger partial charge in [-0.05, 0) is 61.6 Å². The van der Waals surface area contributed by atoms with E-state index in [1.165, 1.54) is 4.90 Å². The quantitative estimate of drug-likeness (QED) is 0.775. The third-order valence-electron chi connectivity index (χ3n) is 2.68. The molecule has 0 aliphatic carbocycles. The average Bonchev–Trinajstić information content (AvgIpc) is 2.26. The number of rotatable bonds is 4. The maximum absolute atomic E-state index is 12.3. The number of urea groups is 1. The first-order chi connectivity index (χ1) is 9.20. The molecular weight excluding hydrogens is 371 g/mol. The molecule has 110 valence electrons. The van der Waals surface area contributed by atoms with Gasteiger partial charge in [0, 0.05) is 21.3 Å². The van der Waals surface area contributed by atoms with Crippen LogP contribution in [0.1, 0.15) is 27.2 Å². The summed E-state index contributed by atoms with van der Waals surface area (Å²) in [5, 5.41) is 11.6. The molecule has 5 nitrogen and oxygen atoms in total. The summed E-state index contributed by atoms with van der Waals surface area (Å²) >= 11 is 2.17. The van der Waals surface area contributed by atoms with Crippen LogP contribution < -0.4 is 5.32 Å². The Morgan fingerprint density at radius 2 is 2.00 bits per heavy atom. The molecule has 1 aromatic rings. The van der Waals surface area contributed by atoms with E-state index in [0.717, 1.165) is 3.57 Å². The molecular formula is C14H19IN2O3. The third kappa shape index (κ3) is 5.36. The van der Waals surface area contributed by atoms with Gasteiger partial charge in [-0.15, -0.1) is 0 Å². The molecule has 0 spiro atoms. The van der Waals surface area contributed by atoms with Crippen LogP contribution in [0.5, 0.6) is 0 Å². The lowest BCUT2D eigenvalue weighted by Crippen LogP contribution is -2.48. The summed E-state index contributed by atoms with van der Waals surface area (Å²) < 4.78 is 1.02. The number of aliphatic carboxylic acids is 1. The van der Waals surface area contributed by atoms with Crippen molar-refractivity contribution in [1.29, 1.82) is 0 Å². The number of carboxylic acids is 1. The van der Waals surface area contributed by atoms with E-state index in [2.05, 4.69) is 27.9 Å². The number of amides is 2. The molecule has 0 saturated carbocycles. The minimum Gasteiger partial charge on any atom is -0.481 e. The number of carbonyl (C=O) groups excluding carboxylic acids is 1. The van der Waals surface area contributed by atoms with E-state index >= 15 is 0 Å². The minimum absolute atomic E-state index is 0.0724. The molecule has 2 N–H and O–H groups in total. The molecule has 0 atom stereocenters. The molecule has 0 radical (unpaired) electrons. The molecule has 6 heteroatoms. The van der Waals surface area contributed by atoms with E-state index < -0.39 is 11.5 Å². The number of anilines is 1. The number of nitrogens with zero attached hydrogens (tertiary/aromatic N) is 1. The Kier molecular flexibility index (Phi) is 5.79. The fraction of sp³-hybridized carbons (Fsp3) is 0.429. The molecule has 0 aliphatic rings. The second-order valence-electron chi connectivity index (χ2n) is 5.41. The SMILES string of the molecule is CC(C)(C)N(CCC(=O)O)C(=O)Nc1cccc(I)c1. The predicted octanol–water partition coefficient (Wildman–Crippen LogP) is 3.40. The van der Waals surface area contributed by atoms with Gasteiger partial charge in [0.2, 0.25) is 0 Å². The molecule has 1 rings (SSSR count).